The molecule has 0 spiro atoms. The van der Waals surface area contributed by atoms with Gasteiger partial charge in [-0.05, 0) is 36.6 Å². The summed E-state index contributed by atoms with van der Waals surface area (Å²) >= 11 is 0. The van der Waals surface area contributed by atoms with E-state index in [1.54, 1.807) is 43.3 Å². The molecule has 0 heterocycles. The van der Waals surface area contributed by atoms with Crippen LogP contribution in [0, 0.1) is 0 Å². The molecule has 2 aromatic carbocycles. The molecule has 0 bridgehead atoms. The fraction of sp³-hybridized carbons (Fsp3) is 0.346. The Morgan fingerprint density at radius 2 is 1.30 bits per heavy atom. The number of hydrogen-bond acceptors (Lipinski definition) is 6. The van der Waals surface area contributed by atoms with Gasteiger partial charge in [-0.3, -0.25) is 24.0 Å². The standard InChI is InChI=1S/C26H33N5O6/c1-2-27-23(34)15-29-24(35)16-30-26(37)21(14-19-6-4-3-5-7-19)31-25(36)17-28-22(33)13-10-18-8-11-20(32)12-9-18/h3-9,11-12,21,32H,2,10,13-17H2,1H3,(H,27,34)(H,28,33)(H,29,35)(H,30,37)(H,31,36)/t21-/m0/s1. The number of rotatable bonds is 14. The van der Waals surface area contributed by atoms with Crippen LogP contribution >= 0.6 is 0 Å². The predicted octanol–water partition coefficient (Wildman–Crippen LogP) is -0.463. The fourth-order valence-electron chi connectivity index (χ4n) is 3.28. The van der Waals surface area contributed by atoms with E-state index in [0.29, 0.717) is 13.0 Å². The number of phenolic OH excluding ortho intramolecular Hbond substituents is 1. The van der Waals surface area contributed by atoms with Gasteiger partial charge in [-0.15, -0.1) is 0 Å². The van der Waals surface area contributed by atoms with Crippen LogP contribution in [0.5, 0.6) is 5.75 Å². The van der Waals surface area contributed by atoms with Crippen LogP contribution in [0.4, 0.5) is 0 Å². The van der Waals surface area contributed by atoms with Gasteiger partial charge in [-0.1, -0.05) is 42.5 Å². The van der Waals surface area contributed by atoms with Gasteiger partial charge in [0.05, 0.1) is 19.6 Å². The molecule has 0 saturated heterocycles. The largest absolute Gasteiger partial charge is 0.508 e. The van der Waals surface area contributed by atoms with Gasteiger partial charge in [0.25, 0.3) is 0 Å². The van der Waals surface area contributed by atoms with Gasteiger partial charge >= 0.3 is 0 Å². The second-order valence-electron chi connectivity index (χ2n) is 8.20. The van der Waals surface area contributed by atoms with E-state index in [2.05, 4.69) is 26.6 Å². The SMILES string of the molecule is CCNC(=O)CNC(=O)CNC(=O)[C@H](Cc1ccccc1)NC(=O)CNC(=O)CCc1ccc(O)cc1. The Bertz CT molecular complexity index is 1060. The zero-order valence-corrected chi connectivity index (χ0v) is 20.7. The minimum absolute atomic E-state index is 0.138. The Labute approximate surface area is 215 Å². The number of nitrogens with one attached hydrogen (secondary N) is 5. The molecule has 0 aliphatic rings. The summed E-state index contributed by atoms with van der Waals surface area (Å²) in [7, 11) is 0. The van der Waals surface area contributed by atoms with Gasteiger partial charge in [-0.2, -0.15) is 0 Å². The Morgan fingerprint density at radius 1 is 0.703 bits per heavy atom. The number of phenols is 1. The van der Waals surface area contributed by atoms with E-state index in [-0.39, 0.29) is 50.0 Å². The first kappa shape index (κ1) is 28.8. The molecular formula is C26H33N5O6. The maximum Gasteiger partial charge on any atom is 0.243 e. The summed E-state index contributed by atoms with van der Waals surface area (Å²) in [6.07, 6.45) is 0.764. The van der Waals surface area contributed by atoms with Crippen LogP contribution in [0.3, 0.4) is 0 Å². The number of likely N-dealkylation sites (N-methyl/N-ethyl adjacent to an activating group) is 1. The molecular weight excluding hydrogens is 478 g/mol. The number of aromatic hydroxyl groups is 1. The number of hydrogen-bond donors (Lipinski definition) is 6. The van der Waals surface area contributed by atoms with Crippen LogP contribution in [0.15, 0.2) is 54.6 Å². The van der Waals surface area contributed by atoms with Crippen LogP contribution in [0.25, 0.3) is 0 Å². The van der Waals surface area contributed by atoms with Gasteiger partial charge in [-0.25, -0.2) is 0 Å². The Morgan fingerprint density at radius 3 is 1.97 bits per heavy atom. The number of carbonyl (C=O) groups is 5. The summed E-state index contributed by atoms with van der Waals surface area (Å²) in [5.41, 5.74) is 1.66. The fourth-order valence-corrected chi connectivity index (χ4v) is 3.28. The molecule has 6 N–H and O–H groups in total. The highest BCUT2D eigenvalue weighted by molar-refractivity contribution is 5.92. The topological polar surface area (TPSA) is 166 Å². The quantitative estimate of drug-likeness (QED) is 0.201. The van der Waals surface area contributed by atoms with Crippen molar-refractivity contribution in [1.82, 2.24) is 26.6 Å². The smallest absolute Gasteiger partial charge is 0.243 e. The normalized spacial score (nSPS) is 11.1. The maximum atomic E-state index is 12.8. The van der Waals surface area contributed by atoms with Crippen molar-refractivity contribution in [3.63, 3.8) is 0 Å². The average molecular weight is 512 g/mol. The molecule has 11 nitrogen and oxygen atoms in total. The molecule has 0 unspecified atom stereocenters. The highest BCUT2D eigenvalue weighted by Gasteiger charge is 2.22. The first-order valence-corrected chi connectivity index (χ1v) is 12.0. The Kier molecular flexibility index (Phi) is 12.1. The number of amides is 5. The van der Waals surface area contributed by atoms with Crippen LogP contribution in [0.2, 0.25) is 0 Å². The molecule has 1 atom stereocenters. The molecule has 0 radical (unpaired) electrons. The van der Waals surface area contributed by atoms with Crippen molar-refractivity contribution in [3.05, 3.63) is 65.7 Å². The number of benzene rings is 2. The van der Waals surface area contributed by atoms with Crippen molar-refractivity contribution in [3.8, 4) is 5.75 Å². The Balaban J connectivity index is 1.85. The van der Waals surface area contributed by atoms with E-state index in [4.69, 9.17) is 0 Å². The molecule has 11 heteroatoms. The molecule has 2 rings (SSSR count). The minimum Gasteiger partial charge on any atom is -0.508 e. The molecule has 0 fully saturated rings. The lowest BCUT2D eigenvalue weighted by molar-refractivity contribution is -0.131. The lowest BCUT2D eigenvalue weighted by atomic mass is 10.1. The second-order valence-corrected chi connectivity index (χ2v) is 8.20. The molecule has 5 amide bonds. The highest BCUT2D eigenvalue weighted by Crippen LogP contribution is 2.11. The zero-order valence-electron chi connectivity index (χ0n) is 20.7. The third kappa shape index (κ3) is 11.7. The maximum absolute atomic E-state index is 12.8. The molecule has 2 aromatic rings. The van der Waals surface area contributed by atoms with Crippen LogP contribution in [-0.4, -0.2) is 66.9 Å². The van der Waals surface area contributed by atoms with Crippen molar-refractivity contribution in [1.29, 1.82) is 0 Å². The molecule has 0 saturated carbocycles. The van der Waals surface area contributed by atoms with E-state index < -0.39 is 23.8 Å². The lowest BCUT2D eigenvalue weighted by Gasteiger charge is -2.19. The zero-order chi connectivity index (χ0) is 27.0. The van der Waals surface area contributed by atoms with Crippen LogP contribution in [0.1, 0.15) is 24.5 Å². The minimum atomic E-state index is -0.986. The van der Waals surface area contributed by atoms with Crippen molar-refractivity contribution in [2.75, 3.05) is 26.2 Å². The van der Waals surface area contributed by atoms with E-state index in [0.717, 1.165) is 11.1 Å². The molecule has 0 aromatic heterocycles. The van der Waals surface area contributed by atoms with E-state index in [1.807, 2.05) is 6.07 Å². The monoisotopic (exact) mass is 511 g/mol. The van der Waals surface area contributed by atoms with Gasteiger partial charge in [0.1, 0.15) is 11.8 Å². The second kappa shape index (κ2) is 15.6. The van der Waals surface area contributed by atoms with Gasteiger partial charge < -0.3 is 31.7 Å². The predicted molar refractivity (Wildman–Crippen MR) is 136 cm³/mol. The Hall–Kier alpha value is -4.41. The van der Waals surface area contributed by atoms with E-state index in [1.165, 1.54) is 12.1 Å². The first-order valence-electron chi connectivity index (χ1n) is 12.0. The van der Waals surface area contributed by atoms with E-state index >= 15 is 0 Å². The van der Waals surface area contributed by atoms with Crippen molar-refractivity contribution in [2.24, 2.45) is 0 Å². The average Bonchev–Trinajstić information content (AvgIpc) is 2.89. The summed E-state index contributed by atoms with van der Waals surface area (Å²) in [5, 5.41) is 21.9. The van der Waals surface area contributed by atoms with Crippen LogP contribution in [-0.2, 0) is 36.8 Å². The van der Waals surface area contributed by atoms with Crippen molar-refractivity contribution < 1.29 is 29.1 Å². The van der Waals surface area contributed by atoms with Crippen LogP contribution < -0.4 is 26.6 Å². The molecule has 198 valence electrons. The third-order valence-electron chi connectivity index (χ3n) is 5.20. The van der Waals surface area contributed by atoms with Gasteiger partial charge in [0, 0.05) is 19.4 Å². The molecule has 37 heavy (non-hydrogen) atoms. The van der Waals surface area contributed by atoms with Gasteiger partial charge in [0.15, 0.2) is 0 Å². The molecule has 0 aliphatic carbocycles. The lowest BCUT2D eigenvalue weighted by Crippen LogP contribution is -2.52. The van der Waals surface area contributed by atoms with Crippen molar-refractivity contribution in [2.45, 2.75) is 32.2 Å². The summed E-state index contributed by atoms with van der Waals surface area (Å²) < 4.78 is 0. The third-order valence-corrected chi connectivity index (χ3v) is 5.20. The highest BCUT2D eigenvalue weighted by atomic mass is 16.3. The first-order chi connectivity index (χ1) is 17.8. The van der Waals surface area contributed by atoms with Gasteiger partial charge in [0.2, 0.25) is 29.5 Å². The summed E-state index contributed by atoms with van der Waals surface area (Å²) in [6, 6.07) is 14.5. The summed E-state index contributed by atoms with van der Waals surface area (Å²) in [6.45, 7) is 1.29. The molecule has 0 aliphatic heterocycles. The van der Waals surface area contributed by atoms with Crippen molar-refractivity contribution >= 4 is 29.5 Å². The summed E-state index contributed by atoms with van der Waals surface area (Å²) in [5.74, 6) is -2.24. The number of aryl methyl sites for hydroxylation is 1. The summed E-state index contributed by atoms with van der Waals surface area (Å²) in [4.78, 5) is 60.8. The van der Waals surface area contributed by atoms with E-state index in [9.17, 15) is 29.1 Å². The number of carbonyl (C=O) groups excluding carboxylic acids is 5.